The van der Waals surface area contributed by atoms with Gasteiger partial charge in [-0.3, -0.25) is 0 Å². The van der Waals surface area contributed by atoms with E-state index in [2.05, 4.69) is 267 Å². The zero-order chi connectivity index (χ0) is 59.1. The zero-order valence-corrected chi connectivity index (χ0v) is 45.7. The van der Waals surface area contributed by atoms with Crippen LogP contribution in [-0.2, 0) is 0 Å². The molecule has 1 fully saturated rings. The molecule has 0 N–H and O–H groups in total. The average molecular weight is 1080 g/mol. The van der Waals surface area contributed by atoms with Crippen LogP contribution in [-0.4, -0.2) is 26.5 Å². The fourth-order valence-electron chi connectivity index (χ4n) is 16.5. The minimum atomic E-state index is -0.417. The van der Waals surface area contributed by atoms with Crippen molar-refractivity contribution in [1.82, 2.24) is 13.7 Å². The lowest BCUT2D eigenvalue weighted by Crippen LogP contribution is -2.63. The summed E-state index contributed by atoms with van der Waals surface area (Å²) in [5, 5.41) is 7.19. The van der Waals surface area contributed by atoms with Crippen molar-refractivity contribution in [2.75, 3.05) is 9.80 Å². The van der Waals surface area contributed by atoms with Gasteiger partial charge in [0.25, 0.3) is 0 Å². The quantitative estimate of drug-likeness (QED) is 0.155. The van der Waals surface area contributed by atoms with Crippen molar-refractivity contribution in [2.24, 2.45) is 0 Å². The minimum absolute atomic E-state index is 0.0209. The Hall–Kier alpha value is -10.3. The van der Waals surface area contributed by atoms with Gasteiger partial charge in [-0.05, 0) is 148 Å². The van der Waals surface area contributed by atoms with Crippen molar-refractivity contribution in [1.29, 1.82) is 0 Å². The second-order valence-corrected chi connectivity index (χ2v) is 23.5. The van der Waals surface area contributed by atoms with E-state index in [-0.39, 0.29) is 60.4 Å². The molecule has 394 valence electrons. The first-order chi connectivity index (χ1) is 43.8. The molecule has 4 unspecified atom stereocenters. The van der Waals surface area contributed by atoms with Crippen LogP contribution in [0.2, 0.25) is 5.82 Å². The van der Waals surface area contributed by atoms with Crippen molar-refractivity contribution in [3.63, 3.8) is 0 Å². The van der Waals surface area contributed by atoms with Crippen molar-refractivity contribution in [3.05, 3.63) is 284 Å². The molecular weight excluding hydrogens is 1020 g/mol. The smallest absolute Gasteiger partial charge is 0.223 e. The van der Waals surface area contributed by atoms with Crippen LogP contribution in [0.5, 0.6) is 0 Å². The third-order valence-electron chi connectivity index (χ3n) is 19.6. The highest BCUT2D eigenvalue weighted by molar-refractivity contribution is 6.93. The standard InChI is InChI=1S/C78H54BN5/c1-4-21-49(22-5-1)55-42-41-54(46-62(55)50-23-6-2-7-24-50)83-71-40-20-39-70-76(71)79(64-47-63-60-34-19-33-59-58-31-12-16-37-67(58)84(78(59)60)73(63)48-74(64)83)77-72(80(70)51-25-8-3-9-26-51)44-43-69-75(77)61-32-13-17-38-68(61)82(69)53-28-18-27-52(45-53)81-65-35-14-10-29-56(65)57-30-11-15-36-66(57)81/h1-46,63-64,73-74H,47-48H2/i3D,8D,9D,25D,26D. The maximum absolute atomic E-state index is 9.83. The highest BCUT2D eigenvalue weighted by atomic mass is 15.2. The van der Waals surface area contributed by atoms with Crippen LogP contribution >= 0.6 is 0 Å². The molecule has 1 aliphatic carbocycles. The first-order valence-corrected chi connectivity index (χ1v) is 29.5. The second-order valence-electron chi connectivity index (χ2n) is 23.5. The third kappa shape index (κ3) is 6.34. The van der Waals surface area contributed by atoms with Crippen LogP contribution in [0.3, 0.4) is 0 Å². The Morgan fingerprint density at radius 1 is 0.381 bits per heavy atom. The summed E-state index contributed by atoms with van der Waals surface area (Å²) >= 11 is 0. The normalized spacial score (nSPS) is 18.4. The van der Waals surface area contributed by atoms with Gasteiger partial charge in [-0.1, -0.05) is 188 Å². The van der Waals surface area contributed by atoms with Gasteiger partial charge < -0.3 is 23.5 Å². The molecular formula is C78H54BN5. The van der Waals surface area contributed by atoms with E-state index in [9.17, 15) is 5.48 Å². The molecule has 84 heavy (non-hydrogen) atoms. The molecule has 5 nitrogen and oxygen atoms in total. The predicted octanol–water partition coefficient (Wildman–Crippen LogP) is 18.7. The maximum Gasteiger partial charge on any atom is 0.223 e. The number of anilines is 5. The topological polar surface area (TPSA) is 21.3 Å². The SMILES string of the molecule is [2H]c1c([2H])c([2H])c(N2c3cccc4c3B(c3c2ccc2c3c3ccccc3n2-c2cccc(-n3c5ccccc5c5ccccc53)c2)C2CC3c5cccc6c7ccccc7n(c56)C3CC2N4c2ccc(-c3ccccc3)c(-c3ccccc3)c2)c([2H])c1[2H]. The van der Waals surface area contributed by atoms with Gasteiger partial charge in [0.15, 0.2) is 0 Å². The van der Waals surface area contributed by atoms with Gasteiger partial charge in [0, 0.05) is 95.6 Å². The molecule has 15 aromatic rings. The first-order valence-electron chi connectivity index (χ1n) is 32.0. The van der Waals surface area contributed by atoms with Crippen molar-refractivity contribution in [2.45, 2.75) is 36.7 Å². The van der Waals surface area contributed by atoms with Crippen LogP contribution < -0.4 is 20.7 Å². The number of para-hydroxylation sites is 6. The van der Waals surface area contributed by atoms with Gasteiger partial charge in [-0.15, -0.1) is 0 Å². The van der Waals surface area contributed by atoms with Crippen LogP contribution in [0, 0.1) is 0 Å². The van der Waals surface area contributed by atoms with Gasteiger partial charge in [-0.25, -0.2) is 0 Å². The van der Waals surface area contributed by atoms with Gasteiger partial charge in [0.1, 0.15) is 0 Å². The average Bonchev–Trinajstić information content (AvgIpc) is 1.68. The molecule has 19 rings (SSSR count). The molecule has 6 heteroatoms. The van der Waals surface area contributed by atoms with Crippen molar-refractivity contribution < 1.29 is 6.85 Å². The summed E-state index contributed by atoms with van der Waals surface area (Å²) in [6.07, 6.45) is 1.76. The van der Waals surface area contributed by atoms with E-state index < -0.39 is 6.04 Å². The Morgan fingerprint density at radius 3 is 1.68 bits per heavy atom. The Balaban J connectivity index is 0.908. The van der Waals surface area contributed by atoms with Gasteiger partial charge in [-0.2, -0.15) is 0 Å². The molecule has 0 amide bonds. The molecule has 12 aromatic carbocycles. The molecule has 0 bridgehead atoms. The summed E-state index contributed by atoms with van der Waals surface area (Å²) in [6, 6.07) is 88.9. The van der Waals surface area contributed by atoms with Crippen molar-refractivity contribution >= 4 is 111 Å². The van der Waals surface area contributed by atoms with Crippen LogP contribution in [0.1, 0.15) is 37.2 Å². The largest absolute Gasteiger partial charge is 0.339 e. The number of nitrogens with zero attached hydrogens (tertiary/aromatic N) is 5. The van der Waals surface area contributed by atoms with Crippen molar-refractivity contribution in [3.8, 4) is 33.6 Å². The summed E-state index contributed by atoms with van der Waals surface area (Å²) < 4.78 is 54.6. The predicted molar refractivity (Wildman–Crippen MR) is 352 cm³/mol. The van der Waals surface area contributed by atoms with E-state index in [0.717, 1.165) is 113 Å². The molecule has 3 aromatic heterocycles. The third-order valence-corrected chi connectivity index (χ3v) is 19.6. The summed E-state index contributed by atoms with van der Waals surface area (Å²) in [5.74, 6) is 0.236. The fraction of sp³-hybridized carbons (Fsp3) is 0.0769. The molecule has 6 heterocycles. The number of rotatable bonds is 6. The number of hydrogen-bond acceptors (Lipinski definition) is 2. The second kappa shape index (κ2) is 17.6. The Labute approximate surface area is 494 Å². The first kappa shape index (κ1) is 41.7. The summed E-state index contributed by atoms with van der Waals surface area (Å²) in [7, 11) is 0. The van der Waals surface area contributed by atoms with Crippen LogP contribution in [0.15, 0.2) is 279 Å². The fourth-order valence-corrected chi connectivity index (χ4v) is 16.5. The molecule has 4 aliphatic rings. The zero-order valence-electron chi connectivity index (χ0n) is 50.7. The lowest BCUT2D eigenvalue weighted by molar-refractivity contribution is 0.299. The van der Waals surface area contributed by atoms with E-state index in [1.165, 1.54) is 38.1 Å². The lowest BCUT2D eigenvalue weighted by Gasteiger charge is -2.54. The summed E-state index contributed by atoms with van der Waals surface area (Å²) in [5.41, 5.74) is 21.2. The Kier molecular flexibility index (Phi) is 8.73. The van der Waals surface area contributed by atoms with Crippen LogP contribution in [0.4, 0.5) is 28.4 Å². The van der Waals surface area contributed by atoms with E-state index in [1.54, 1.807) is 0 Å². The monoisotopic (exact) mass is 1080 g/mol. The number of aromatic nitrogens is 3. The molecule has 1 saturated carbocycles. The van der Waals surface area contributed by atoms with E-state index in [0.29, 0.717) is 0 Å². The summed E-state index contributed by atoms with van der Waals surface area (Å²) in [4.78, 5) is 4.70. The molecule has 0 spiro atoms. The summed E-state index contributed by atoms with van der Waals surface area (Å²) in [6.45, 7) is -0.195. The molecule has 0 radical (unpaired) electrons. The van der Waals surface area contributed by atoms with E-state index in [1.807, 2.05) is 4.90 Å². The number of benzene rings is 12. The van der Waals surface area contributed by atoms with Gasteiger partial charge in [0.05, 0.1) is 34.4 Å². The Bertz CT molecular complexity index is 5460. The van der Waals surface area contributed by atoms with Gasteiger partial charge in [0.2, 0.25) is 6.71 Å². The minimum Gasteiger partial charge on any atom is -0.339 e. The number of hydrogen-bond donors (Lipinski definition) is 0. The maximum atomic E-state index is 9.83. The number of fused-ring (bicyclic) bond motifs is 17. The molecule has 0 saturated heterocycles. The van der Waals surface area contributed by atoms with Gasteiger partial charge >= 0.3 is 0 Å². The lowest BCUT2D eigenvalue weighted by atomic mass is 9.27. The van der Waals surface area contributed by atoms with Crippen LogP contribution in [0.25, 0.3) is 99.0 Å². The highest BCUT2D eigenvalue weighted by Gasteiger charge is 2.56. The highest BCUT2D eigenvalue weighted by Crippen LogP contribution is 2.60. The molecule has 3 aliphatic heterocycles. The molecule has 4 atom stereocenters. The van der Waals surface area contributed by atoms with E-state index in [4.69, 9.17) is 1.37 Å². The Morgan fingerprint density at radius 2 is 0.952 bits per heavy atom. The van der Waals surface area contributed by atoms with E-state index >= 15 is 0 Å².